The summed E-state index contributed by atoms with van der Waals surface area (Å²) in [7, 11) is -1.17. The van der Waals surface area contributed by atoms with Gasteiger partial charge in [0.1, 0.15) is 0 Å². The van der Waals surface area contributed by atoms with E-state index in [1.54, 1.807) is 0 Å². The van der Waals surface area contributed by atoms with Gasteiger partial charge in [-0.3, -0.25) is 0 Å². The van der Waals surface area contributed by atoms with Crippen LogP contribution in [-0.4, -0.2) is 16.8 Å². The van der Waals surface area contributed by atoms with Crippen LogP contribution in [-0.2, 0) is 4.57 Å². The van der Waals surface area contributed by atoms with Gasteiger partial charge in [-0.2, -0.15) is 4.89 Å². The minimum absolute atomic E-state index is 0.825. The van der Waals surface area contributed by atoms with Crippen molar-refractivity contribution in [1.82, 2.24) is 0 Å². The van der Waals surface area contributed by atoms with E-state index in [2.05, 4.69) is 15.9 Å². The van der Waals surface area contributed by atoms with E-state index in [0.29, 0.717) is 0 Å². The number of rotatable bonds is 3. The summed E-state index contributed by atoms with van der Waals surface area (Å²) in [6.07, 6.45) is 2.35. The predicted molar refractivity (Wildman–Crippen MR) is 43.3 cm³/mol. The number of nitrogens with two attached hydrogens (primary N) is 1. The largest absolute Gasteiger partial charge is 0.491 e. The van der Waals surface area contributed by atoms with Crippen LogP contribution in [0.15, 0.2) is 0 Å². The first-order chi connectivity index (χ1) is 4.33. The summed E-state index contributed by atoms with van der Waals surface area (Å²) in [5, 5.41) is 1.09. The van der Waals surface area contributed by atoms with Crippen LogP contribution in [0.3, 0.4) is 0 Å². The van der Waals surface area contributed by atoms with E-state index in [0.717, 1.165) is 18.3 Å². The van der Waals surface area contributed by atoms with Gasteiger partial charge in [0.25, 0.3) is 0 Å². The zero-order chi connectivity index (χ0) is 7.54. The molecule has 0 bridgehead atoms. The zero-order valence-corrected chi connectivity index (χ0v) is 7.73. The molecule has 3 N–H and O–H groups in total. The number of unbranched alkanes of at least 4 members (excludes halogenated alkanes) is 1. The molecule has 5 heteroatoms. The Bertz CT molecular complexity index is 51.8. The minimum Gasteiger partial charge on any atom is -0.330 e. The van der Waals surface area contributed by atoms with Crippen molar-refractivity contribution in [2.24, 2.45) is 5.73 Å². The van der Waals surface area contributed by atoms with E-state index in [1.165, 1.54) is 6.42 Å². The summed E-state index contributed by atoms with van der Waals surface area (Å²) in [5.41, 5.74) is 5.19. The molecule has 0 aliphatic carbocycles. The number of halogens is 1. The molecule has 0 aliphatic heterocycles. The van der Waals surface area contributed by atoms with Crippen LogP contribution in [0.25, 0.3) is 0 Å². The molecule has 0 radical (unpaired) electrons. The number of hydrogen-bond donors (Lipinski definition) is 2. The van der Waals surface area contributed by atoms with Gasteiger partial charge in [0.15, 0.2) is 0 Å². The highest BCUT2D eigenvalue weighted by molar-refractivity contribution is 9.09. The summed E-state index contributed by atoms with van der Waals surface area (Å²) >= 11 is 3.29. The Morgan fingerprint density at radius 1 is 1.56 bits per heavy atom. The van der Waals surface area contributed by atoms with Gasteiger partial charge in [0.2, 0.25) is 0 Å². The highest BCUT2D eigenvalue weighted by Crippen LogP contribution is 1.89. The molecule has 0 saturated carbocycles. The van der Waals surface area contributed by atoms with Crippen molar-refractivity contribution in [2.75, 3.05) is 11.9 Å². The van der Waals surface area contributed by atoms with Crippen LogP contribution in [0, 0.1) is 0 Å². The van der Waals surface area contributed by atoms with Crippen molar-refractivity contribution in [3.8, 4) is 0 Å². The SMILES string of the molecule is NCCCCBr.O=[PH+]O. The molecule has 56 valence electrons. The van der Waals surface area contributed by atoms with Crippen molar-refractivity contribution in [3.63, 3.8) is 0 Å². The second-order valence-corrected chi connectivity index (χ2v) is 2.25. The molecule has 0 aromatic heterocycles. The van der Waals surface area contributed by atoms with Gasteiger partial charge in [-0.05, 0) is 24.0 Å². The molecular weight excluding hydrogens is 205 g/mol. The lowest BCUT2D eigenvalue weighted by molar-refractivity contribution is 0.524. The lowest BCUT2D eigenvalue weighted by atomic mass is 10.3. The number of hydrogen-bond acceptors (Lipinski definition) is 2. The van der Waals surface area contributed by atoms with Crippen molar-refractivity contribution in [2.45, 2.75) is 12.8 Å². The van der Waals surface area contributed by atoms with E-state index in [-0.39, 0.29) is 0 Å². The molecule has 9 heavy (non-hydrogen) atoms. The Morgan fingerprint density at radius 2 is 2.00 bits per heavy atom. The Hall–Kier alpha value is 0.500. The van der Waals surface area contributed by atoms with Gasteiger partial charge in [0, 0.05) is 5.33 Å². The van der Waals surface area contributed by atoms with Crippen molar-refractivity contribution in [3.05, 3.63) is 0 Å². The van der Waals surface area contributed by atoms with E-state index in [4.69, 9.17) is 15.2 Å². The average molecular weight is 217 g/mol. The normalized spacial score (nSPS) is 8.33. The van der Waals surface area contributed by atoms with Crippen LogP contribution in [0.2, 0.25) is 0 Å². The van der Waals surface area contributed by atoms with Crippen molar-refractivity contribution >= 4 is 24.6 Å². The molecular formula is C4H12BrNO2P+. The smallest absolute Gasteiger partial charge is 0.330 e. The monoisotopic (exact) mass is 216 g/mol. The maximum Gasteiger partial charge on any atom is 0.491 e. The molecule has 0 heterocycles. The quantitative estimate of drug-likeness (QED) is 0.421. The molecule has 0 aromatic carbocycles. The van der Waals surface area contributed by atoms with Gasteiger partial charge in [-0.25, -0.2) is 0 Å². The third-order valence-corrected chi connectivity index (χ3v) is 1.15. The molecule has 0 rings (SSSR count). The molecule has 0 amide bonds. The van der Waals surface area contributed by atoms with Crippen LogP contribution in [0.5, 0.6) is 0 Å². The van der Waals surface area contributed by atoms with Gasteiger partial charge in [-0.1, -0.05) is 15.9 Å². The molecule has 1 unspecified atom stereocenters. The second-order valence-electron chi connectivity index (χ2n) is 1.28. The lowest BCUT2D eigenvalue weighted by Crippen LogP contribution is -1.97. The molecule has 0 saturated heterocycles. The maximum absolute atomic E-state index is 8.51. The maximum atomic E-state index is 8.51. The van der Waals surface area contributed by atoms with Gasteiger partial charge in [0.05, 0.1) is 0 Å². The van der Waals surface area contributed by atoms with Crippen LogP contribution < -0.4 is 5.73 Å². The third-order valence-electron chi connectivity index (χ3n) is 0.588. The summed E-state index contributed by atoms with van der Waals surface area (Å²) in [6, 6.07) is 0. The van der Waals surface area contributed by atoms with Crippen LogP contribution in [0.1, 0.15) is 12.8 Å². The highest BCUT2D eigenvalue weighted by Gasteiger charge is 1.76. The molecule has 0 fully saturated rings. The first-order valence-corrected chi connectivity index (χ1v) is 4.58. The Morgan fingerprint density at radius 3 is 2.11 bits per heavy atom. The molecule has 0 spiro atoms. The summed E-state index contributed by atoms with van der Waals surface area (Å²) < 4.78 is 8.51. The summed E-state index contributed by atoms with van der Waals surface area (Å²) in [6.45, 7) is 0.825. The Kier molecular flexibility index (Phi) is 21.4. The average Bonchev–Trinajstić information content (AvgIpc) is 1.86. The van der Waals surface area contributed by atoms with Gasteiger partial charge in [-0.15, -0.1) is 0 Å². The Labute approximate surface area is 65.0 Å². The second kappa shape index (κ2) is 15.8. The minimum atomic E-state index is -1.17. The fourth-order valence-electron chi connectivity index (χ4n) is 0.239. The highest BCUT2D eigenvalue weighted by atomic mass is 79.9. The van der Waals surface area contributed by atoms with Crippen molar-refractivity contribution in [1.29, 1.82) is 0 Å². The summed E-state index contributed by atoms with van der Waals surface area (Å²) in [4.78, 5) is 7.04. The van der Waals surface area contributed by atoms with Crippen molar-refractivity contribution < 1.29 is 9.46 Å². The van der Waals surface area contributed by atoms with Crippen LogP contribution in [0.4, 0.5) is 0 Å². The first kappa shape index (κ1) is 12.2. The van der Waals surface area contributed by atoms with E-state index in [9.17, 15) is 0 Å². The number of alkyl halides is 1. The Balaban J connectivity index is 0. The molecule has 1 atom stereocenters. The van der Waals surface area contributed by atoms with E-state index in [1.807, 2.05) is 0 Å². The molecule has 0 aromatic rings. The summed E-state index contributed by atoms with van der Waals surface area (Å²) in [5.74, 6) is 0. The molecule has 0 aliphatic rings. The predicted octanol–water partition coefficient (Wildman–Crippen LogP) is 1.04. The fraction of sp³-hybridized carbons (Fsp3) is 1.00. The topological polar surface area (TPSA) is 63.3 Å². The zero-order valence-electron chi connectivity index (χ0n) is 5.14. The van der Waals surface area contributed by atoms with E-state index >= 15 is 0 Å². The standard InChI is InChI=1S/C4H10BrN.HO2P/c5-3-1-2-4-6;1-3-2/h1-4,6H2;3H/p+1. The van der Waals surface area contributed by atoms with Gasteiger partial charge >= 0.3 is 8.69 Å². The lowest BCUT2D eigenvalue weighted by Gasteiger charge is -1.85. The fourth-order valence-corrected chi connectivity index (χ4v) is 0.635. The molecule has 3 nitrogen and oxygen atoms in total. The third kappa shape index (κ3) is 29.3. The van der Waals surface area contributed by atoms with Gasteiger partial charge < -0.3 is 5.73 Å². The van der Waals surface area contributed by atoms with Crippen LogP contribution >= 0.6 is 24.6 Å². The van der Waals surface area contributed by atoms with E-state index < -0.39 is 8.69 Å². The first-order valence-electron chi connectivity index (χ1n) is 2.60.